The maximum Gasteiger partial charge on any atom is 0.0793 e. The number of hydrogen-bond donors (Lipinski definition) is 1. The molecule has 1 rings (SSSR count). The van der Waals surface area contributed by atoms with Crippen molar-refractivity contribution in [2.75, 3.05) is 0 Å². The van der Waals surface area contributed by atoms with Crippen molar-refractivity contribution in [1.82, 2.24) is 4.98 Å². The first kappa shape index (κ1) is 13.2. The number of hydrogen-bond acceptors (Lipinski definition) is 2. The summed E-state index contributed by atoms with van der Waals surface area (Å²) >= 11 is 0. The summed E-state index contributed by atoms with van der Waals surface area (Å²) in [5.74, 6) is 0.578. The molecule has 0 bridgehead atoms. The van der Waals surface area contributed by atoms with Crippen LogP contribution >= 0.6 is 0 Å². The molecule has 2 nitrogen and oxygen atoms in total. The number of aryl methyl sites for hydroxylation is 2. The Morgan fingerprint density at radius 1 is 1.25 bits per heavy atom. The van der Waals surface area contributed by atoms with Gasteiger partial charge in [0.25, 0.3) is 0 Å². The number of nitrogens with zero attached hydrogens (tertiary/aromatic N) is 1. The van der Waals surface area contributed by atoms with Crippen molar-refractivity contribution in [3.05, 3.63) is 29.1 Å². The Labute approximate surface area is 98.7 Å². The van der Waals surface area contributed by atoms with Gasteiger partial charge in [-0.2, -0.15) is 0 Å². The van der Waals surface area contributed by atoms with E-state index < -0.39 is 0 Å². The fraction of sp³-hybridized carbons (Fsp3) is 0.643. The van der Waals surface area contributed by atoms with Crippen molar-refractivity contribution < 1.29 is 5.11 Å². The standard InChI is InChI=1S/C14H23NO/c1-5-6-10(2)7-14(16)13-8-11(3)15-12(4)9-13/h8-10,14,16H,5-7H2,1-4H3. The third-order valence-corrected chi connectivity index (χ3v) is 2.90. The average molecular weight is 221 g/mol. The average Bonchev–Trinajstić information content (AvgIpc) is 2.16. The molecule has 16 heavy (non-hydrogen) atoms. The Morgan fingerprint density at radius 3 is 2.31 bits per heavy atom. The Morgan fingerprint density at radius 2 is 1.81 bits per heavy atom. The van der Waals surface area contributed by atoms with Crippen LogP contribution in [0.4, 0.5) is 0 Å². The SMILES string of the molecule is CCCC(C)CC(O)c1cc(C)nc(C)c1. The van der Waals surface area contributed by atoms with E-state index >= 15 is 0 Å². The molecule has 0 radical (unpaired) electrons. The van der Waals surface area contributed by atoms with E-state index in [9.17, 15) is 5.11 Å². The van der Waals surface area contributed by atoms with Gasteiger partial charge in [0.05, 0.1) is 6.10 Å². The fourth-order valence-corrected chi connectivity index (χ4v) is 2.19. The van der Waals surface area contributed by atoms with Gasteiger partial charge in [-0.3, -0.25) is 4.98 Å². The molecule has 0 saturated carbocycles. The molecule has 1 N–H and O–H groups in total. The van der Waals surface area contributed by atoms with Crippen molar-refractivity contribution in [3.8, 4) is 0 Å². The van der Waals surface area contributed by atoms with Crippen LogP contribution in [0.25, 0.3) is 0 Å². The molecule has 0 spiro atoms. The molecule has 0 aliphatic rings. The van der Waals surface area contributed by atoms with Gasteiger partial charge in [-0.25, -0.2) is 0 Å². The van der Waals surface area contributed by atoms with Gasteiger partial charge in [0.1, 0.15) is 0 Å². The third kappa shape index (κ3) is 3.93. The van der Waals surface area contributed by atoms with Gasteiger partial charge in [-0.15, -0.1) is 0 Å². The van der Waals surface area contributed by atoms with E-state index in [-0.39, 0.29) is 6.10 Å². The van der Waals surface area contributed by atoms with E-state index in [4.69, 9.17) is 0 Å². The molecule has 90 valence electrons. The van der Waals surface area contributed by atoms with Crippen LogP contribution in [0.15, 0.2) is 12.1 Å². The topological polar surface area (TPSA) is 33.1 Å². The molecular weight excluding hydrogens is 198 g/mol. The van der Waals surface area contributed by atoms with Crippen LogP contribution in [0.2, 0.25) is 0 Å². The van der Waals surface area contributed by atoms with E-state index in [1.54, 1.807) is 0 Å². The Kier molecular flexibility index (Phi) is 4.94. The van der Waals surface area contributed by atoms with Gasteiger partial charge in [0.2, 0.25) is 0 Å². The van der Waals surface area contributed by atoms with E-state index in [1.165, 1.54) is 12.8 Å². The molecule has 2 heteroatoms. The summed E-state index contributed by atoms with van der Waals surface area (Å²) in [5, 5.41) is 10.1. The van der Waals surface area contributed by atoms with Crippen molar-refractivity contribution in [2.45, 2.75) is 53.1 Å². The van der Waals surface area contributed by atoms with Gasteiger partial charge in [-0.05, 0) is 43.9 Å². The van der Waals surface area contributed by atoms with Crippen molar-refractivity contribution in [1.29, 1.82) is 0 Å². The van der Waals surface area contributed by atoms with E-state index in [0.29, 0.717) is 5.92 Å². The van der Waals surface area contributed by atoms with Crippen molar-refractivity contribution >= 4 is 0 Å². The normalized spacial score (nSPS) is 14.8. The van der Waals surface area contributed by atoms with Gasteiger partial charge in [-0.1, -0.05) is 26.7 Å². The zero-order valence-corrected chi connectivity index (χ0v) is 10.8. The number of rotatable bonds is 5. The first-order valence-corrected chi connectivity index (χ1v) is 6.16. The smallest absolute Gasteiger partial charge is 0.0793 e. The second kappa shape index (κ2) is 6.00. The first-order chi connectivity index (χ1) is 7.52. The van der Waals surface area contributed by atoms with Crippen LogP contribution in [0.3, 0.4) is 0 Å². The highest BCUT2D eigenvalue weighted by Gasteiger charge is 2.12. The summed E-state index contributed by atoms with van der Waals surface area (Å²) in [7, 11) is 0. The maximum atomic E-state index is 10.1. The Balaban J connectivity index is 2.68. The van der Waals surface area contributed by atoms with Crippen LogP contribution in [0.5, 0.6) is 0 Å². The van der Waals surface area contributed by atoms with Gasteiger partial charge in [0.15, 0.2) is 0 Å². The molecule has 0 aliphatic heterocycles. The Bertz CT molecular complexity index is 315. The molecule has 0 saturated heterocycles. The van der Waals surface area contributed by atoms with Gasteiger partial charge >= 0.3 is 0 Å². The van der Waals surface area contributed by atoms with Crippen LogP contribution in [0, 0.1) is 19.8 Å². The third-order valence-electron chi connectivity index (χ3n) is 2.90. The van der Waals surface area contributed by atoms with Crippen LogP contribution in [-0.4, -0.2) is 10.1 Å². The summed E-state index contributed by atoms with van der Waals surface area (Å²) in [6.07, 6.45) is 2.86. The second-order valence-corrected chi connectivity index (χ2v) is 4.83. The lowest BCUT2D eigenvalue weighted by Gasteiger charge is -2.16. The van der Waals surface area contributed by atoms with E-state index in [2.05, 4.69) is 18.8 Å². The molecule has 0 aliphatic carbocycles. The van der Waals surface area contributed by atoms with Gasteiger partial charge in [0, 0.05) is 11.4 Å². The van der Waals surface area contributed by atoms with Gasteiger partial charge < -0.3 is 5.11 Å². The van der Waals surface area contributed by atoms with Crippen LogP contribution < -0.4 is 0 Å². The van der Waals surface area contributed by atoms with E-state index in [1.807, 2.05) is 26.0 Å². The summed E-state index contributed by atoms with van der Waals surface area (Å²) in [5.41, 5.74) is 2.97. The zero-order chi connectivity index (χ0) is 12.1. The molecule has 1 aromatic heterocycles. The van der Waals surface area contributed by atoms with Crippen LogP contribution in [0.1, 0.15) is 56.2 Å². The highest BCUT2D eigenvalue weighted by Crippen LogP contribution is 2.24. The molecule has 1 heterocycles. The largest absolute Gasteiger partial charge is 0.388 e. The minimum atomic E-state index is -0.345. The highest BCUT2D eigenvalue weighted by atomic mass is 16.3. The highest BCUT2D eigenvalue weighted by molar-refractivity contribution is 5.22. The zero-order valence-electron chi connectivity index (χ0n) is 10.8. The van der Waals surface area contributed by atoms with E-state index in [0.717, 1.165) is 23.4 Å². The fourth-order valence-electron chi connectivity index (χ4n) is 2.19. The molecule has 1 aromatic rings. The number of aliphatic hydroxyl groups is 1. The van der Waals surface area contributed by atoms with Crippen molar-refractivity contribution in [2.24, 2.45) is 5.92 Å². The minimum absolute atomic E-state index is 0.345. The number of aliphatic hydroxyl groups excluding tert-OH is 1. The predicted molar refractivity (Wildman–Crippen MR) is 67.4 cm³/mol. The van der Waals surface area contributed by atoms with Crippen molar-refractivity contribution in [3.63, 3.8) is 0 Å². The lowest BCUT2D eigenvalue weighted by Crippen LogP contribution is -2.05. The molecule has 2 unspecified atom stereocenters. The quantitative estimate of drug-likeness (QED) is 0.824. The summed E-state index contributed by atoms with van der Waals surface area (Å²) in [4.78, 5) is 4.32. The number of pyridine rings is 1. The number of aromatic nitrogens is 1. The minimum Gasteiger partial charge on any atom is -0.388 e. The lowest BCUT2D eigenvalue weighted by molar-refractivity contribution is 0.145. The monoisotopic (exact) mass is 221 g/mol. The second-order valence-electron chi connectivity index (χ2n) is 4.83. The van der Waals surface area contributed by atoms with Crippen LogP contribution in [-0.2, 0) is 0 Å². The summed E-state index contributed by atoms with van der Waals surface area (Å²) in [6.45, 7) is 8.33. The first-order valence-electron chi connectivity index (χ1n) is 6.16. The molecule has 0 amide bonds. The molecule has 2 atom stereocenters. The lowest BCUT2D eigenvalue weighted by atomic mass is 9.95. The summed E-state index contributed by atoms with van der Waals surface area (Å²) in [6, 6.07) is 3.96. The predicted octanol–water partition coefficient (Wildman–Crippen LogP) is 3.56. The molecule has 0 aromatic carbocycles. The molecule has 0 fully saturated rings. The summed E-state index contributed by atoms with van der Waals surface area (Å²) < 4.78 is 0. The molecular formula is C14H23NO. The Hall–Kier alpha value is -0.890. The maximum absolute atomic E-state index is 10.1.